The normalized spacial score (nSPS) is 10.7. The molecule has 0 aliphatic rings. The molecule has 0 aliphatic heterocycles. The van der Waals surface area contributed by atoms with E-state index in [4.69, 9.17) is 0 Å². The minimum atomic E-state index is -0.310. The molecule has 2 heterocycles. The first-order chi connectivity index (χ1) is 12.6. The molecular weight excluding hydrogens is 353 g/mol. The van der Waals surface area contributed by atoms with E-state index in [1.54, 1.807) is 37.6 Å². The molecule has 1 amide bonds. The summed E-state index contributed by atoms with van der Waals surface area (Å²) in [4.78, 5) is 17.8. The first kappa shape index (κ1) is 18.1. The van der Waals surface area contributed by atoms with Crippen molar-refractivity contribution in [2.24, 2.45) is 7.05 Å². The van der Waals surface area contributed by atoms with Crippen molar-refractivity contribution in [1.82, 2.24) is 24.6 Å². The van der Waals surface area contributed by atoms with Gasteiger partial charge in [-0.2, -0.15) is 0 Å². The van der Waals surface area contributed by atoms with Crippen LogP contribution in [-0.4, -0.2) is 43.4 Å². The number of hydrogen-bond acceptors (Lipinski definition) is 5. The number of amides is 1. The molecule has 0 N–H and O–H groups in total. The quantitative estimate of drug-likeness (QED) is 0.624. The van der Waals surface area contributed by atoms with Crippen LogP contribution in [-0.2, 0) is 18.4 Å². The standard InChI is InChI=1S/C18H18FN5OS/c1-23(11-14-5-3-4-6-15(14)19)16(25)12-26-18-22-21-17(24(18)2)13-7-9-20-10-8-13/h3-10H,11-12H2,1-2H3. The van der Waals surface area contributed by atoms with Gasteiger partial charge in [0.15, 0.2) is 11.0 Å². The van der Waals surface area contributed by atoms with Gasteiger partial charge in [0.05, 0.1) is 5.75 Å². The van der Waals surface area contributed by atoms with Crippen molar-refractivity contribution < 1.29 is 9.18 Å². The summed E-state index contributed by atoms with van der Waals surface area (Å²) >= 11 is 1.30. The average molecular weight is 371 g/mol. The predicted molar refractivity (Wildman–Crippen MR) is 97.8 cm³/mol. The number of thioether (sulfide) groups is 1. The van der Waals surface area contributed by atoms with E-state index >= 15 is 0 Å². The van der Waals surface area contributed by atoms with Gasteiger partial charge in [-0.15, -0.1) is 10.2 Å². The monoisotopic (exact) mass is 371 g/mol. The number of aromatic nitrogens is 4. The summed E-state index contributed by atoms with van der Waals surface area (Å²) in [5.41, 5.74) is 1.40. The topological polar surface area (TPSA) is 63.9 Å². The Kier molecular flexibility index (Phi) is 5.62. The van der Waals surface area contributed by atoms with E-state index in [9.17, 15) is 9.18 Å². The fraction of sp³-hybridized carbons (Fsp3) is 0.222. The summed E-state index contributed by atoms with van der Waals surface area (Å²) in [5.74, 6) is 0.497. The van der Waals surface area contributed by atoms with Gasteiger partial charge in [0.1, 0.15) is 5.82 Å². The molecule has 0 unspecified atom stereocenters. The molecule has 0 aliphatic carbocycles. The van der Waals surface area contributed by atoms with Crippen LogP contribution in [0, 0.1) is 5.82 Å². The Labute approximate surface area is 155 Å². The van der Waals surface area contributed by atoms with E-state index in [1.165, 1.54) is 22.7 Å². The van der Waals surface area contributed by atoms with E-state index in [0.717, 1.165) is 5.56 Å². The van der Waals surface area contributed by atoms with Crippen LogP contribution >= 0.6 is 11.8 Å². The molecule has 0 spiro atoms. The highest BCUT2D eigenvalue weighted by Gasteiger charge is 2.15. The third-order valence-electron chi connectivity index (χ3n) is 3.89. The van der Waals surface area contributed by atoms with Crippen LogP contribution in [0.5, 0.6) is 0 Å². The van der Waals surface area contributed by atoms with Crippen molar-refractivity contribution >= 4 is 17.7 Å². The lowest BCUT2D eigenvalue weighted by molar-refractivity contribution is -0.127. The molecule has 0 atom stereocenters. The van der Waals surface area contributed by atoms with E-state index in [2.05, 4.69) is 15.2 Å². The fourth-order valence-corrected chi connectivity index (χ4v) is 3.25. The average Bonchev–Trinajstić information content (AvgIpc) is 3.03. The molecule has 3 aromatic rings. The molecule has 26 heavy (non-hydrogen) atoms. The van der Waals surface area contributed by atoms with E-state index in [0.29, 0.717) is 16.5 Å². The molecule has 1 aromatic carbocycles. The summed E-state index contributed by atoms with van der Waals surface area (Å²) in [7, 11) is 3.51. The molecule has 0 saturated heterocycles. The molecule has 8 heteroatoms. The van der Waals surface area contributed by atoms with Gasteiger partial charge in [0.2, 0.25) is 5.91 Å². The van der Waals surface area contributed by atoms with Crippen LogP contribution in [0.25, 0.3) is 11.4 Å². The maximum Gasteiger partial charge on any atom is 0.233 e. The van der Waals surface area contributed by atoms with Crippen molar-refractivity contribution in [2.75, 3.05) is 12.8 Å². The van der Waals surface area contributed by atoms with E-state index in [-0.39, 0.29) is 24.0 Å². The molecule has 6 nitrogen and oxygen atoms in total. The zero-order valence-electron chi connectivity index (χ0n) is 14.5. The van der Waals surface area contributed by atoms with E-state index in [1.807, 2.05) is 23.7 Å². The summed E-state index contributed by atoms with van der Waals surface area (Å²) in [6.45, 7) is 0.229. The van der Waals surface area contributed by atoms with Crippen molar-refractivity contribution in [3.63, 3.8) is 0 Å². The van der Waals surface area contributed by atoms with Gasteiger partial charge in [0.25, 0.3) is 0 Å². The molecule has 0 fully saturated rings. The van der Waals surface area contributed by atoms with Gasteiger partial charge in [-0.05, 0) is 18.2 Å². The Bertz CT molecular complexity index is 900. The van der Waals surface area contributed by atoms with Crippen molar-refractivity contribution in [2.45, 2.75) is 11.7 Å². The van der Waals surface area contributed by atoms with Crippen LogP contribution in [0.15, 0.2) is 53.9 Å². The Morgan fingerprint density at radius 3 is 2.65 bits per heavy atom. The van der Waals surface area contributed by atoms with Gasteiger partial charge in [0, 0.05) is 44.2 Å². The van der Waals surface area contributed by atoms with Crippen molar-refractivity contribution in [3.8, 4) is 11.4 Å². The first-order valence-corrected chi connectivity index (χ1v) is 8.95. The van der Waals surface area contributed by atoms with Crippen LogP contribution in [0.2, 0.25) is 0 Å². The van der Waals surface area contributed by atoms with Crippen LogP contribution < -0.4 is 0 Å². The van der Waals surface area contributed by atoms with Gasteiger partial charge in [-0.25, -0.2) is 4.39 Å². The van der Waals surface area contributed by atoms with Crippen LogP contribution in [0.1, 0.15) is 5.56 Å². The highest BCUT2D eigenvalue weighted by Crippen LogP contribution is 2.22. The van der Waals surface area contributed by atoms with Gasteiger partial charge in [-0.1, -0.05) is 30.0 Å². The largest absolute Gasteiger partial charge is 0.341 e. The molecular formula is C18H18FN5OS. The lowest BCUT2D eigenvalue weighted by Gasteiger charge is -2.17. The predicted octanol–water partition coefficient (Wildman–Crippen LogP) is 2.77. The maximum absolute atomic E-state index is 13.7. The number of hydrogen-bond donors (Lipinski definition) is 0. The zero-order chi connectivity index (χ0) is 18.5. The Hall–Kier alpha value is -2.74. The second-order valence-electron chi connectivity index (χ2n) is 5.73. The first-order valence-electron chi connectivity index (χ1n) is 7.96. The smallest absolute Gasteiger partial charge is 0.233 e. The van der Waals surface area contributed by atoms with Crippen molar-refractivity contribution in [3.05, 3.63) is 60.2 Å². The minimum Gasteiger partial charge on any atom is -0.341 e. The summed E-state index contributed by atoms with van der Waals surface area (Å²) in [6.07, 6.45) is 3.38. The molecule has 2 aromatic heterocycles. The number of pyridine rings is 1. The summed E-state index contributed by atoms with van der Waals surface area (Å²) in [6, 6.07) is 10.2. The SMILES string of the molecule is CN(Cc1ccccc1F)C(=O)CSc1nnc(-c2ccncc2)n1C. The zero-order valence-corrected chi connectivity index (χ0v) is 15.3. The lowest BCUT2D eigenvalue weighted by Crippen LogP contribution is -2.28. The Morgan fingerprint density at radius 2 is 1.92 bits per heavy atom. The van der Waals surface area contributed by atoms with Gasteiger partial charge >= 0.3 is 0 Å². The molecule has 0 bridgehead atoms. The number of rotatable bonds is 6. The Morgan fingerprint density at radius 1 is 1.19 bits per heavy atom. The third-order valence-corrected chi connectivity index (χ3v) is 4.89. The fourth-order valence-electron chi connectivity index (χ4n) is 2.40. The molecule has 0 radical (unpaired) electrons. The van der Waals surface area contributed by atoms with Gasteiger partial charge in [-0.3, -0.25) is 9.78 Å². The van der Waals surface area contributed by atoms with Gasteiger partial charge < -0.3 is 9.47 Å². The maximum atomic E-state index is 13.7. The number of halogens is 1. The van der Waals surface area contributed by atoms with Crippen molar-refractivity contribution in [1.29, 1.82) is 0 Å². The number of nitrogens with zero attached hydrogens (tertiary/aromatic N) is 5. The molecule has 3 rings (SSSR count). The van der Waals surface area contributed by atoms with Crippen LogP contribution in [0.3, 0.4) is 0 Å². The Balaban J connectivity index is 1.61. The highest BCUT2D eigenvalue weighted by molar-refractivity contribution is 7.99. The number of carbonyl (C=O) groups excluding carboxylic acids is 1. The summed E-state index contributed by atoms with van der Waals surface area (Å²) < 4.78 is 15.5. The molecule has 134 valence electrons. The van der Waals surface area contributed by atoms with Crippen LogP contribution in [0.4, 0.5) is 4.39 Å². The lowest BCUT2D eigenvalue weighted by atomic mass is 10.2. The summed E-state index contributed by atoms with van der Waals surface area (Å²) in [5, 5.41) is 8.97. The minimum absolute atomic E-state index is 0.105. The highest BCUT2D eigenvalue weighted by atomic mass is 32.2. The third kappa shape index (κ3) is 4.08. The van der Waals surface area contributed by atoms with E-state index < -0.39 is 0 Å². The number of carbonyl (C=O) groups is 1. The number of benzene rings is 1. The molecule has 0 saturated carbocycles. The second-order valence-corrected chi connectivity index (χ2v) is 6.67. The second kappa shape index (κ2) is 8.09.